The summed E-state index contributed by atoms with van der Waals surface area (Å²) >= 11 is 0. The summed E-state index contributed by atoms with van der Waals surface area (Å²) in [7, 11) is -3.64. The van der Waals surface area contributed by atoms with Crippen LogP contribution in [-0.2, 0) is 10.0 Å². The maximum absolute atomic E-state index is 13.2. The van der Waals surface area contributed by atoms with E-state index in [1.165, 1.54) is 16.8 Å². The number of hydrogen-bond donors (Lipinski definition) is 1. The first-order chi connectivity index (χ1) is 14.9. The molecule has 1 N–H and O–H groups in total. The van der Waals surface area contributed by atoms with E-state index in [1.807, 2.05) is 30.3 Å². The summed E-state index contributed by atoms with van der Waals surface area (Å²) in [5.74, 6) is 0.259. The molecule has 1 saturated carbocycles. The highest BCUT2D eigenvalue weighted by atomic mass is 32.2. The maximum atomic E-state index is 13.2. The number of carbonyl (C=O) groups is 1. The van der Waals surface area contributed by atoms with Crippen molar-refractivity contribution >= 4 is 21.6 Å². The monoisotopic (exact) mass is 441 g/mol. The van der Waals surface area contributed by atoms with Gasteiger partial charge in [-0.05, 0) is 49.1 Å². The van der Waals surface area contributed by atoms with Gasteiger partial charge in [0.15, 0.2) is 0 Å². The summed E-state index contributed by atoms with van der Waals surface area (Å²) in [5.41, 5.74) is 1.51. The van der Waals surface area contributed by atoms with Crippen LogP contribution < -0.4 is 10.2 Å². The number of benzene rings is 2. The van der Waals surface area contributed by atoms with E-state index in [0.29, 0.717) is 37.7 Å². The lowest BCUT2D eigenvalue weighted by molar-refractivity contribution is 0.0910. The first-order valence-corrected chi connectivity index (χ1v) is 12.6. The summed E-state index contributed by atoms with van der Waals surface area (Å²) in [5, 5.41) is 3.11. The van der Waals surface area contributed by atoms with Crippen LogP contribution in [-0.4, -0.2) is 50.9 Å². The average Bonchev–Trinajstić information content (AvgIpc) is 2.81. The fourth-order valence-corrected chi connectivity index (χ4v) is 6.02. The van der Waals surface area contributed by atoms with Crippen LogP contribution in [0.3, 0.4) is 0 Å². The van der Waals surface area contributed by atoms with E-state index >= 15 is 0 Å². The minimum atomic E-state index is -3.64. The number of anilines is 1. The van der Waals surface area contributed by atoms with Gasteiger partial charge in [0.25, 0.3) is 5.91 Å². The maximum Gasteiger partial charge on any atom is 0.251 e. The van der Waals surface area contributed by atoms with Gasteiger partial charge in [-0.1, -0.05) is 44.0 Å². The summed E-state index contributed by atoms with van der Waals surface area (Å²) in [4.78, 5) is 15.2. The molecule has 1 heterocycles. The molecule has 7 heteroatoms. The molecule has 2 atom stereocenters. The number of piperazine rings is 1. The summed E-state index contributed by atoms with van der Waals surface area (Å²) in [6.45, 7) is 4.30. The van der Waals surface area contributed by atoms with Gasteiger partial charge in [0.2, 0.25) is 10.0 Å². The molecule has 6 nitrogen and oxygen atoms in total. The van der Waals surface area contributed by atoms with E-state index in [-0.39, 0.29) is 16.8 Å². The second-order valence-corrected chi connectivity index (χ2v) is 10.5. The van der Waals surface area contributed by atoms with E-state index in [2.05, 4.69) is 17.1 Å². The van der Waals surface area contributed by atoms with Crippen molar-refractivity contribution in [3.63, 3.8) is 0 Å². The fourth-order valence-electron chi connectivity index (χ4n) is 4.55. The van der Waals surface area contributed by atoms with Crippen molar-refractivity contribution in [1.29, 1.82) is 0 Å². The van der Waals surface area contributed by atoms with Crippen LogP contribution in [0.1, 0.15) is 43.0 Å². The Balaban J connectivity index is 1.43. The van der Waals surface area contributed by atoms with E-state index in [1.54, 1.807) is 18.2 Å². The normalized spacial score (nSPS) is 22.8. The number of nitrogens with one attached hydrogen (secondary N) is 1. The average molecular weight is 442 g/mol. The van der Waals surface area contributed by atoms with E-state index in [0.717, 1.165) is 24.9 Å². The Morgan fingerprint density at radius 1 is 0.935 bits per heavy atom. The molecule has 31 heavy (non-hydrogen) atoms. The van der Waals surface area contributed by atoms with E-state index in [9.17, 15) is 13.2 Å². The Labute approximate surface area is 185 Å². The van der Waals surface area contributed by atoms with Gasteiger partial charge in [-0.25, -0.2) is 8.42 Å². The number of para-hydroxylation sites is 1. The quantitative estimate of drug-likeness (QED) is 0.771. The molecule has 1 aliphatic heterocycles. The number of hydrogen-bond acceptors (Lipinski definition) is 4. The van der Waals surface area contributed by atoms with Crippen LogP contribution in [0.4, 0.5) is 5.69 Å². The Kier molecular flexibility index (Phi) is 6.62. The lowest BCUT2D eigenvalue weighted by Gasteiger charge is -2.35. The van der Waals surface area contributed by atoms with Gasteiger partial charge in [-0.3, -0.25) is 4.79 Å². The van der Waals surface area contributed by atoms with E-state index in [4.69, 9.17) is 0 Å². The van der Waals surface area contributed by atoms with Gasteiger partial charge in [0, 0.05) is 43.5 Å². The van der Waals surface area contributed by atoms with Crippen LogP contribution in [0.15, 0.2) is 59.5 Å². The lowest BCUT2D eigenvalue weighted by Crippen LogP contribution is -2.48. The molecule has 4 rings (SSSR count). The summed E-state index contributed by atoms with van der Waals surface area (Å²) in [6, 6.07) is 16.6. The second-order valence-electron chi connectivity index (χ2n) is 8.60. The zero-order valence-electron chi connectivity index (χ0n) is 18.0. The van der Waals surface area contributed by atoms with Crippen LogP contribution in [0, 0.1) is 5.92 Å². The minimum Gasteiger partial charge on any atom is -0.369 e. The van der Waals surface area contributed by atoms with Crippen LogP contribution in [0.25, 0.3) is 0 Å². The Morgan fingerprint density at radius 3 is 2.35 bits per heavy atom. The Morgan fingerprint density at radius 2 is 1.65 bits per heavy atom. The van der Waals surface area contributed by atoms with Crippen molar-refractivity contribution < 1.29 is 13.2 Å². The molecular weight excluding hydrogens is 410 g/mol. The standard InChI is InChI=1S/C24H31N3O3S/c1-19-8-5-6-13-23(19)25-24(28)20-9-7-12-22(18-20)31(29,30)27-16-14-26(15-17-27)21-10-3-2-4-11-21/h2-4,7,9-12,18-19,23H,5-6,8,13-17H2,1H3,(H,25,28)/t19-,23+/m1/s1. The van der Waals surface area contributed by atoms with E-state index < -0.39 is 10.0 Å². The third-order valence-electron chi connectivity index (χ3n) is 6.52. The first-order valence-electron chi connectivity index (χ1n) is 11.2. The first kappa shape index (κ1) is 21.8. The largest absolute Gasteiger partial charge is 0.369 e. The van der Waals surface area contributed by atoms with Crippen LogP contribution >= 0.6 is 0 Å². The molecule has 2 aromatic rings. The van der Waals surface area contributed by atoms with Gasteiger partial charge in [-0.15, -0.1) is 0 Å². The van der Waals surface area contributed by atoms with Gasteiger partial charge in [0.1, 0.15) is 0 Å². The molecule has 2 aromatic carbocycles. The zero-order chi connectivity index (χ0) is 21.8. The topological polar surface area (TPSA) is 69.7 Å². The number of rotatable bonds is 5. The lowest BCUT2D eigenvalue weighted by atomic mass is 9.86. The number of carbonyl (C=O) groups excluding carboxylic acids is 1. The number of sulfonamides is 1. The Hall–Kier alpha value is -2.38. The second kappa shape index (κ2) is 9.40. The SMILES string of the molecule is C[C@@H]1CCCC[C@@H]1NC(=O)c1cccc(S(=O)(=O)N2CCN(c3ccccc3)CC2)c1. The predicted molar refractivity (Wildman–Crippen MR) is 123 cm³/mol. The van der Waals surface area contributed by atoms with Crippen molar-refractivity contribution in [3.05, 3.63) is 60.2 Å². The fraction of sp³-hybridized carbons (Fsp3) is 0.458. The molecule has 0 aromatic heterocycles. The minimum absolute atomic E-state index is 0.160. The van der Waals surface area contributed by atoms with Crippen LogP contribution in [0.2, 0.25) is 0 Å². The van der Waals surface area contributed by atoms with Gasteiger partial charge in [0.05, 0.1) is 4.90 Å². The van der Waals surface area contributed by atoms with Crippen molar-refractivity contribution in [3.8, 4) is 0 Å². The molecule has 1 amide bonds. The molecule has 2 fully saturated rings. The van der Waals surface area contributed by atoms with Crippen molar-refractivity contribution in [1.82, 2.24) is 9.62 Å². The number of amides is 1. The molecular formula is C24H31N3O3S. The van der Waals surface area contributed by atoms with Crippen molar-refractivity contribution in [2.75, 3.05) is 31.1 Å². The number of nitrogens with zero attached hydrogens (tertiary/aromatic N) is 2. The molecule has 1 saturated heterocycles. The molecule has 1 aliphatic carbocycles. The van der Waals surface area contributed by atoms with Gasteiger partial charge >= 0.3 is 0 Å². The molecule has 0 radical (unpaired) electrons. The van der Waals surface area contributed by atoms with Gasteiger partial charge in [-0.2, -0.15) is 4.31 Å². The van der Waals surface area contributed by atoms with Crippen LogP contribution in [0.5, 0.6) is 0 Å². The van der Waals surface area contributed by atoms with Gasteiger partial charge < -0.3 is 10.2 Å². The van der Waals surface area contributed by atoms with Crippen molar-refractivity contribution in [2.24, 2.45) is 5.92 Å². The summed E-state index contributed by atoms with van der Waals surface area (Å²) < 4.78 is 28.0. The Bertz CT molecular complexity index is 1000. The smallest absolute Gasteiger partial charge is 0.251 e. The highest BCUT2D eigenvalue weighted by Crippen LogP contribution is 2.25. The molecule has 0 bridgehead atoms. The molecule has 166 valence electrons. The zero-order valence-corrected chi connectivity index (χ0v) is 18.9. The third kappa shape index (κ3) is 4.93. The molecule has 2 aliphatic rings. The molecule has 0 unspecified atom stereocenters. The highest BCUT2D eigenvalue weighted by molar-refractivity contribution is 7.89. The highest BCUT2D eigenvalue weighted by Gasteiger charge is 2.29. The third-order valence-corrected chi connectivity index (χ3v) is 8.42. The predicted octanol–water partition coefficient (Wildman–Crippen LogP) is 3.51. The van der Waals surface area contributed by atoms with Crippen molar-refractivity contribution in [2.45, 2.75) is 43.5 Å². The summed E-state index contributed by atoms with van der Waals surface area (Å²) in [6.07, 6.45) is 4.43. The molecule has 0 spiro atoms.